The first-order valence-electron chi connectivity index (χ1n) is 7.13. The first kappa shape index (κ1) is 12.2. The zero-order chi connectivity index (χ0) is 11.4. The first-order valence-corrected chi connectivity index (χ1v) is 7.13. The minimum absolute atomic E-state index is 0.579. The third kappa shape index (κ3) is 2.68. The van der Waals surface area contributed by atoms with Crippen molar-refractivity contribution in [2.24, 2.45) is 11.3 Å². The van der Waals surface area contributed by atoms with Crippen LogP contribution >= 0.6 is 0 Å². The Bertz CT molecular complexity index is 248. The Balaban J connectivity index is 1.88. The van der Waals surface area contributed by atoms with Gasteiger partial charge in [0.05, 0.1) is 0 Å². The van der Waals surface area contributed by atoms with E-state index in [0.29, 0.717) is 5.41 Å². The van der Waals surface area contributed by atoms with Crippen LogP contribution in [-0.4, -0.2) is 13.1 Å². The van der Waals surface area contributed by atoms with Crippen LogP contribution in [0.1, 0.15) is 58.8 Å². The maximum absolute atomic E-state index is 3.68. The van der Waals surface area contributed by atoms with Gasteiger partial charge < -0.3 is 5.32 Å². The third-order valence-corrected chi connectivity index (χ3v) is 4.30. The Morgan fingerprint density at radius 1 is 1.25 bits per heavy atom. The predicted molar refractivity (Wildman–Crippen MR) is 70.5 cm³/mol. The van der Waals surface area contributed by atoms with Gasteiger partial charge in [-0.1, -0.05) is 31.9 Å². The van der Waals surface area contributed by atoms with Gasteiger partial charge in [0.25, 0.3) is 0 Å². The second kappa shape index (κ2) is 5.35. The molecule has 0 aliphatic heterocycles. The number of hydrogen-bond acceptors (Lipinski definition) is 1. The van der Waals surface area contributed by atoms with Crippen molar-refractivity contribution in [3.8, 4) is 0 Å². The molecule has 0 saturated heterocycles. The van der Waals surface area contributed by atoms with Gasteiger partial charge in [-0.05, 0) is 51.0 Å². The Morgan fingerprint density at radius 2 is 2.06 bits per heavy atom. The summed E-state index contributed by atoms with van der Waals surface area (Å²) >= 11 is 0. The molecule has 1 N–H and O–H groups in total. The van der Waals surface area contributed by atoms with Crippen molar-refractivity contribution in [2.45, 2.75) is 58.8 Å². The molecule has 2 aliphatic rings. The Labute approximate surface area is 101 Å². The van der Waals surface area contributed by atoms with Crippen molar-refractivity contribution >= 4 is 0 Å². The van der Waals surface area contributed by atoms with Gasteiger partial charge in [0.15, 0.2) is 0 Å². The van der Waals surface area contributed by atoms with Crippen LogP contribution in [0.4, 0.5) is 0 Å². The maximum atomic E-state index is 3.68. The van der Waals surface area contributed by atoms with Crippen LogP contribution in [0, 0.1) is 11.3 Å². The molecule has 1 fully saturated rings. The van der Waals surface area contributed by atoms with E-state index in [4.69, 9.17) is 0 Å². The lowest BCUT2D eigenvalue weighted by molar-refractivity contribution is 0.169. The largest absolute Gasteiger partial charge is 0.316 e. The van der Waals surface area contributed by atoms with Crippen molar-refractivity contribution < 1.29 is 0 Å². The Hall–Kier alpha value is -0.300. The van der Waals surface area contributed by atoms with Crippen LogP contribution in [0.3, 0.4) is 0 Å². The van der Waals surface area contributed by atoms with E-state index in [0.717, 1.165) is 5.92 Å². The van der Waals surface area contributed by atoms with Crippen LogP contribution < -0.4 is 5.32 Å². The molecule has 92 valence electrons. The third-order valence-electron chi connectivity index (χ3n) is 4.30. The molecule has 0 heterocycles. The molecule has 16 heavy (non-hydrogen) atoms. The van der Waals surface area contributed by atoms with E-state index in [9.17, 15) is 0 Å². The van der Waals surface area contributed by atoms with E-state index in [1.165, 1.54) is 58.0 Å². The van der Waals surface area contributed by atoms with Gasteiger partial charge in [0.2, 0.25) is 0 Å². The van der Waals surface area contributed by atoms with Crippen LogP contribution in [-0.2, 0) is 0 Å². The van der Waals surface area contributed by atoms with Crippen molar-refractivity contribution in [3.05, 3.63) is 11.6 Å². The highest BCUT2D eigenvalue weighted by molar-refractivity contribution is 5.20. The highest BCUT2D eigenvalue weighted by atomic mass is 14.9. The Morgan fingerprint density at radius 3 is 2.56 bits per heavy atom. The van der Waals surface area contributed by atoms with E-state index in [2.05, 4.69) is 25.2 Å². The summed E-state index contributed by atoms with van der Waals surface area (Å²) in [7, 11) is 0. The summed E-state index contributed by atoms with van der Waals surface area (Å²) in [6.45, 7) is 6.99. The van der Waals surface area contributed by atoms with E-state index >= 15 is 0 Å². The first-order chi connectivity index (χ1) is 7.73. The van der Waals surface area contributed by atoms with Crippen LogP contribution in [0.25, 0.3) is 0 Å². The topological polar surface area (TPSA) is 12.0 Å². The average Bonchev–Trinajstić information content (AvgIpc) is 2.23. The second-order valence-electron chi connectivity index (χ2n) is 6.13. The van der Waals surface area contributed by atoms with Crippen molar-refractivity contribution in [2.75, 3.05) is 13.1 Å². The average molecular weight is 221 g/mol. The van der Waals surface area contributed by atoms with E-state index in [1.54, 1.807) is 5.57 Å². The fourth-order valence-corrected chi connectivity index (χ4v) is 3.13. The van der Waals surface area contributed by atoms with Gasteiger partial charge in [-0.2, -0.15) is 0 Å². The lowest BCUT2D eigenvalue weighted by atomic mass is 9.62. The fraction of sp³-hybridized carbons (Fsp3) is 0.867. The number of hydrogen-bond donors (Lipinski definition) is 1. The summed E-state index contributed by atoms with van der Waals surface area (Å²) < 4.78 is 0. The lowest BCUT2D eigenvalue weighted by Crippen LogP contribution is -2.42. The number of allylic oxidation sites excluding steroid dienone is 1. The van der Waals surface area contributed by atoms with Crippen LogP contribution in [0.5, 0.6) is 0 Å². The molecule has 0 aromatic carbocycles. The fourth-order valence-electron chi connectivity index (χ4n) is 3.13. The zero-order valence-corrected chi connectivity index (χ0v) is 11.0. The van der Waals surface area contributed by atoms with Gasteiger partial charge in [-0.15, -0.1) is 0 Å². The molecule has 0 aromatic heterocycles. The smallest absolute Gasteiger partial charge is 0.00453 e. The summed E-state index contributed by atoms with van der Waals surface area (Å²) in [5, 5.41) is 3.68. The Kier molecular flexibility index (Phi) is 4.07. The molecule has 0 bridgehead atoms. The highest BCUT2D eigenvalue weighted by Gasteiger charge is 2.39. The van der Waals surface area contributed by atoms with Gasteiger partial charge in [-0.3, -0.25) is 0 Å². The van der Waals surface area contributed by atoms with E-state index in [-0.39, 0.29) is 0 Å². The highest BCUT2D eigenvalue weighted by Crippen LogP contribution is 2.49. The molecule has 0 amide bonds. The predicted octanol–water partition coefficient (Wildman–Crippen LogP) is 3.90. The zero-order valence-electron chi connectivity index (χ0n) is 11.0. The minimum Gasteiger partial charge on any atom is -0.316 e. The van der Waals surface area contributed by atoms with Crippen molar-refractivity contribution in [3.63, 3.8) is 0 Å². The normalized spacial score (nSPS) is 24.1. The molecule has 0 atom stereocenters. The molecule has 0 radical (unpaired) electrons. The van der Waals surface area contributed by atoms with Gasteiger partial charge in [0.1, 0.15) is 0 Å². The maximum Gasteiger partial charge on any atom is 0.00453 e. The van der Waals surface area contributed by atoms with Gasteiger partial charge in [-0.25, -0.2) is 0 Å². The molecular weight excluding hydrogens is 194 g/mol. The molecule has 1 saturated carbocycles. The standard InChI is InChI=1S/C15H27N/c1-13(2)11-16-12-15(9-6-10-15)14-7-4-3-5-8-14/h7,13,16H,3-6,8-12H2,1-2H3. The minimum atomic E-state index is 0.579. The van der Waals surface area contributed by atoms with Crippen molar-refractivity contribution in [1.82, 2.24) is 5.32 Å². The van der Waals surface area contributed by atoms with E-state index < -0.39 is 0 Å². The summed E-state index contributed by atoms with van der Waals surface area (Å²) in [6, 6.07) is 0. The number of rotatable bonds is 5. The molecule has 0 spiro atoms. The molecule has 0 aromatic rings. The summed E-state index contributed by atoms with van der Waals surface area (Å²) in [5.74, 6) is 0.775. The molecule has 2 rings (SSSR count). The van der Waals surface area contributed by atoms with Gasteiger partial charge >= 0.3 is 0 Å². The molecule has 1 heteroatoms. The summed E-state index contributed by atoms with van der Waals surface area (Å²) in [4.78, 5) is 0. The van der Waals surface area contributed by atoms with Crippen LogP contribution in [0.2, 0.25) is 0 Å². The molecule has 1 nitrogen and oxygen atoms in total. The quantitative estimate of drug-likeness (QED) is 0.694. The summed E-state index contributed by atoms with van der Waals surface area (Å²) in [6.07, 6.45) is 12.4. The SMILES string of the molecule is CC(C)CNCC1(C2=CCCCC2)CCC1. The molecule has 2 aliphatic carbocycles. The van der Waals surface area contributed by atoms with Crippen LogP contribution in [0.15, 0.2) is 11.6 Å². The second-order valence-corrected chi connectivity index (χ2v) is 6.13. The molecule has 0 unspecified atom stereocenters. The van der Waals surface area contributed by atoms with E-state index in [1.807, 2.05) is 0 Å². The lowest BCUT2D eigenvalue weighted by Gasteiger charge is -2.45. The van der Waals surface area contributed by atoms with Crippen molar-refractivity contribution in [1.29, 1.82) is 0 Å². The number of nitrogens with one attached hydrogen (secondary N) is 1. The molecular formula is C15H27N. The van der Waals surface area contributed by atoms with Gasteiger partial charge in [0, 0.05) is 12.0 Å². The summed E-state index contributed by atoms with van der Waals surface area (Å²) in [5.41, 5.74) is 2.37. The monoisotopic (exact) mass is 221 g/mol.